The average molecular weight is 475 g/mol. The van der Waals surface area contributed by atoms with Gasteiger partial charge in [-0.2, -0.15) is 5.26 Å². The predicted octanol–water partition coefficient (Wildman–Crippen LogP) is 6.53. The lowest BCUT2D eigenvalue weighted by Crippen LogP contribution is -2.03. The normalized spacial score (nSPS) is 10.8. The molecule has 1 N–H and O–H groups in total. The highest BCUT2D eigenvalue weighted by Gasteiger charge is 2.10. The van der Waals surface area contributed by atoms with Gasteiger partial charge in [-0.3, -0.25) is 0 Å². The Hall–Kier alpha value is -3.49. The lowest BCUT2D eigenvalue weighted by Gasteiger charge is -2.14. The van der Waals surface area contributed by atoms with Crippen molar-refractivity contribution in [3.63, 3.8) is 0 Å². The van der Waals surface area contributed by atoms with Crippen molar-refractivity contribution in [1.82, 2.24) is 5.32 Å². The van der Waals surface area contributed by atoms with E-state index >= 15 is 0 Å². The number of hydrogen-bond donors (Lipinski definition) is 1. The number of nitriles is 1. The Labute approximate surface area is 191 Å². The molecular formula is C26H23BrN2O2. The van der Waals surface area contributed by atoms with Gasteiger partial charge in [-0.1, -0.05) is 65.0 Å². The number of methoxy groups -OCH3 is 1. The zero-order valence-electron chi connectivity index (χ0n) is 17.5. The second kappa shape index (κ2) is 10.5. The van der Waals surface area contributed by atoms with E-state index in [1.807, 2.05) is 73.8 Å². The first-order valence-corrected chi connectivity index (χ1v) is 10.5. The summed E-state index contributed by atoms with van der Waals surface area (Å²) >= 11 is 3.38. The number of allylic oxidation sites excluding steroid dienone is 1. The Morgan fingerprint density at radius 2 is 1.84 bits per heavy atom. The van der Waals surface area contributed by atoms with E-state index in [-0.39, 0.29) is 6.61 Å². The molecule has 0 saturated heterocycles. The monoisotopic (exact) mass is 474 g/mol. The zero-order valence-corrected chi connectivity index (χ0v) is 19.1. The summed E-state index contributed by atoms with van der Waals surface area (Å²) in [6, 6.07) is 23.5. The number of hydrogen-bond acceptors (Lipinski definition) is 4. The molecule has 0 aromatic heterocycles. The molecular weight excluding hydrogens is 452 g/mol. The van der Waals surface area contributed by atoms with Gasteiger partial charge in [0.05, 0.1) is 18.7 Å². The molecule has 0 amide bonds. The largest absolute Gasteiger partial charge is 0.493 e. The van der Waals surface area contributed by atoms with Gasteiger partial charge in [-0.15, -0.1) is 0 Å². The van der Waals surface area contributed by atoms with Crippen molar-refractivity contribution >= 4 is 27.2 Å². The van der Waals surface area contributed by atoms with Crippen LogP contribution in [0, 0.1) is 11.3 Å². The third-order valence-electron chi connectivity index (χ3n) is 4.78. The van der Waals surface area contributed by atoms with Gasteiger partial charge in [0, 0.05) is 21.9 Å². The first kappa shape index (κ1) is 22.2. The van der Waals surface area contributed by atoms with Crippen molar-refractivity contribution < 1.29 is 9.47 Å². The van der Waals surface area contributed by atoms with E-state index < -0.39 is 0 Å². The molecule has 0 aliphatic carbocycles. The molecule has 0 spiro atoms. The van der Waals surface area contributed by atoms with Crippen LogP contribution in [0.2, 0.25) is 0 Å². The molecule has 0 atom stereocenters. The van der Waals surface area contributed by atoms with Crippen LogP contribution in [-0.2, 0) is 6.61 Å². The fourth-order valence-corrected chi connectivity index (χ4v) is 3.33. The van der Waals surface area contributed by atoms with Crippen LogP contribution in [-0.4, -0.2) is 7.11 Å². The van der Waals surface area contributed by atoms with E-state index in [4.69, 9.17) is 9.47 Å². The van der Waals surface area contributed by atoms with Gasteiger partial charge in [-0.05, 0) is 47.9 Å². The van der Waals surface area contributed by atoms with Crippen LogP contribution in [0.1, 0.15) is 29.2 Å². The molecule has 0 aliphatic rings. The Morgan fingerprint density at radius 1 is 1.06 bits per heavy atom. The van der Waals surface area contributed by atoms with Crippen molar-refractivity contribution in [3.8, 4) is 17.6 Å². The second-order valence-corrected chi connectivity index (χ2v) is 7.80. The van der Waals surface area contributed by atoms with Gasteiger partial charge < -0.3 is 14.8 Å². The summed E-state index contributed by atoms with van der Waals surface area (Å²) in [4.78, 5) is 0. The number of nitrogens with zero attached hydrogens (tertiary/aromatic N) is 1. The highest BCUT2D eigenvalue weighted by Crippen LogP contribution is 2.31. The minimum atomic E-state index is 0.277. The summed E-state index contributed by atoms with van der Waals surface area (Å²) in [7, 11) is 1.61. The van der Waals surface area contributed by atoms with E-state index in [0.717, 1.165) is 32.4 Å². The molecule has 0 aliphatic heterocycles. The van der Waals surface area contributed by atoms with Crippen molar-refractivity contribution in [3.05, 3.63) is 106 Å². The maximum absolute atomic E-state index is 9.33. The maximum Gasteiger partial charge on any atom is 0.161 e. The van der Waals surface area contributed by atoms with Gasteiger partial charge in [-0.25, -0.2) is 0 Å². The van der Waals surface area contributed by atoms with Crippen LogP contribution in [0.3, 0.4) is 0 Å². The van der Waals surface area contributed by atoms with Crippen molar-refractivity contribution in [2.24, 2.45) is 0 Å². The van der Waals surface area contributed by atoms with Gasteiger partial charge in [0.2, 0.25) is 0 Å². The zero-order chi connectivity index (χ0) is 22.2. The number of ether oxygens (including phenoxy) is 2. The fraction of sp³-hybridized carbons (Fsp3) is 0.115. The lowest BCUT2D eigenvalue weighted by atomic mass is 10.1. The summed E-state index contributed by atoms with van der Waals surface area (Å²) in [6.45, 7) is 6.38. The maximum atomic E-state index is 9.33. The molecule has 3 aromatic rings. The summed E-state index contributed by atoms with van der Waals surface area (Å²) < 4.78 is 12.3. The number of benzene rings is 3. The van der Waals surface area contributed by atoms with Crippen LogP contribution in [0.4, 0.5) is 0 Å². The van der Waals surface area contributed by atoms with E-state index in [1.165, 1.54) is 0 Å². The summed E-state index contributed by atoms with van der Waals surface area (Å²) in [5.41, 5.74) is 5.29. The van der Waals surface area contributed by atoms with E-state index in [9.17, 15) is 5.26 Å². The number of halogens is 1. The van der Waals surface area contributed by atoms with Gasteiger partial charge in [0.25, 0.3) is 0 Å². The standard InChI is InChI=1S/C26H23BrN2O2/c1-18(16-29-19(2)20-7-5-4-6-8-20)21-10-12-25(26(14-21)30-3)31-17-22-9-11-24(27)13-23(22)15-28/h4-14,16,29H,2,17H2,1,3H3/b18-16+. The summed E-state index contributed by atoms with van der Waals surface area (Å²) in [5, 5.41) is 12.6. The molecule has 0 unspecified atom stereocenters. The highest BCUT2D eigenvalue weighted by atomic mass is 79.9. The van der Waals surface area contributed by atoms with Crippen molar-refractivity contribution in [2.75, 3.05) is 7.11 Å². The van der Waals surface area contributed by atoms with Crippen LogP contribution in [0.5, 0.6) is 11.5 Å². The minimum absolute atomic E-state index is 0.277. The molecule has 156 valence electrons. The second-order valence-electron chi connectivity index (χ2n) is 6.88. The topological polar surface area (TPSA) is 54.3 Å². The molecule has 3 rings (SSSR count). The Kier molecular flexibility index (Phi) is 7.53. The highest BCUT2D eigenvalue weighted by molar-refractivity contribution is 9.10. The molecule has 31 heavy (non-hydrogen) atoms. The van der Waals surface area contributed by atoms with E-state index in [0.29, 0.717) is 17.1 Å². The number of rotatable bonds is 8. The van der Waals surface area contributed by atoms with Crippen LogP contribution < -0.4 is 14.8 Å². The molecule has 0 saturated carbocycles. The van der Waals surface area contributed by atoms with Crippen LogP contribution >= 0.6 is 15.9 Å². The van der Waals surface area contributed by atoms with Crippen LogP contribution in [0.25, 0.3) is 11.3 Å². The third kappa shape index (κ3) is 5.78. The summed E-state index contributed by atoms with van der Waals surface area (Å²) in [5.74, 6) is 1.25. The van der Waals surface area contributed by atoms with E-state index in [2.05, 4.69) is 33.9 Å². The fourth-order valence-electron chi connectivity index (χ4n) is 2.97. The third-order valence-corrected chi connectivity index (χ3v) is 5.27. The molecule has 0 heterocycles. The Balaban J connectivity index is 1.72. The quantitative estimate of drug-likeness (QED) is 0.403. The SMILES string of the molecule is C=C(N/C=C(\C)c1ccc(OCc2ccc(Br)cc2C#N)c(OC)c1)c1ccccc1. The first-order valence-electron chi connectivity index (χ1n) is 9.69. The molecule has 3 aromatic carbocycles. The van der Waals surface area contributed by atoms with Crippen LogP contribution in [0.15, 0.2) is 84.0 Å². The van der Waals surface area contributed by atoms with Gasteiger partial charge in [0.15, 0.2) is 11.5 Å². The van der Waals surface area contributed by atoms with Gasteiger partial charge in [0.1, 0.15) is 6.61 Å². The average Bonchev–Trinajstić information content (AvgIpc) is 2.81. The van der Waals surface area contributed by atoms with Gasteiger partial charge >= 0.3 is 0 Å². The van der Waals surface area contributed by atoms with Crippen molar-refractivity contribution in [1.29, 1.82) is 5.26 Å². The Bertz CT molecular complexity index is 1150. The van der Waals surface area contributed by atoms with E-state index in [1.54, 1.807) is 13.2 Å². The Morgan fingerprint density at radius 3 is 2.55 bits per heavy atom. The van der Waals surface area contributed by atoms with Crippen molar-refractivity contribution in [2.45, 2.75) is 13.5 Å². The minimum Gasteiger partial charge on any atom is -0.493 e. The smallest absolute Gasteiger partial charge is 0.161 e. The first-order chi connectivity index (χ1) is 15.0. The molecule has 4 nitrogen and oxygen atoms in total. The summed E-state index contributed by atoms with van der Waals surface area (Å²) in [6.07, 6.45) is 1.92. The molecule has 5 heteroatoms. The molecule has 0 fully saturated rings. The molecule has 0 radical (unpaired) electrons. The lowest BCUT2D eigenvalue weighted by molar-refractivity contribution is 0.284. The predicted molar refractivity (Wildman–Crippen MR) is 128 cm³/mol. The molecule has 0 bridgehead atoms. The number of nitrogens with one attached hydrogen (secondary N) is 1.